The lowest BCUT2D eigenvalue weighted by atomic mass is 10.1. The molecule has 0 spiro atoms. The van der Waals surface area contributed by atoms with E-state index in [0.29, 0.717) is 12.0 Å². The molecule has 0 amide bonds. The molecule has 1 unspecified atom stereocenters. The molecule has 0 saturated carbocycles. The van der Waals surface area contributed by atoms with Crippen LogP contribution < -0.4 is 10.6 Å². The molecule has 1 aromatic heterocycles. The van der Waals surface area contributed by atoms with E-state index >= 15 is 0 Å². The van der Waals surface area contributed by atoms with Crippen LogP contribution in [-0.4, -0.2) is 50.1 Å². The Morgan fingerprint density at radius 1 is 1.30 bits per heavy atom. The Morgan fingerprint density at radius 3 is 2.61 bits per heavy atom. The van der Waals surface area contributed by atoms with E-state index in [1.165, 1.54) is 4.88 Å². The molecule has 4 nitrogen and oxygen atoms in total. The van der Waals surface area contributed by atoms with Crippen LogP contribution in [0.25, 0.3) is 0 Å². The van der Waals surface area contributed by atoms with Crippen LogP contribution in [0.3, 0.4) is 0 Å². The maximum absolute atomic E-state index is 4.72. The molecule has 0 aliphatic heterocycles. The summed E-state index contributed by atoms with van der Waals surface area (Å²) in [6, 6.07) is 4.90. The van der Waals surface area contributed by atoms with Gasteiger partial charge in [0.2, 0.25) is 0 Å². The van der Waals surface area contributed by atoms with E-state index in [1.807, 2.05) is 11.3 Å². The summed E-state index contributed by atoms with van der Waals surface area (Å²) in [4.78, 5) is 8.49. The summed E-state index contributed by atoms with van der Waals surface area (Å²) in [7, 11) is 2.15. The Bertz CT molecular complexity index is 420. The SMILES string of the molecule is CCNC(=NCC(C)Cc1cccs1)NCCN(C)C(C)C.I. The summed E-state index contributed by atoms with van der Waals surface area (Å²) in [6.07, 6.45) is 1.11. The molecule has 0 radical (unpaired) electrons. The van der Waals surface area contributed by atoms with Gasteiger partial charge in [0.05, 0.1) is 0 Å². The molecule has 1 heterocycles. The van der Waals surface area contributed by atoms with Gasteiger partial charge in [-0.15, -0.1) is 35.3 Å². The van der Waals surface area contributed by atoms with Crippen molar-refractivity contribution in [3.63, 3.8) is 0 Å². The zero-order chi connectivity index (χ0) is 16.4. The van der Waals surface area contributed by atoms with Crippen LogP contribution >= 0.6 is 35.3 Å². The number of aliphatic imine (C=N–C) groups is 1. The molecule has 0 saturated heterocycles. The Kier molecular flexibility index (Phi) is 12.8. The number of guanidine groups is 1. The highest BCUT2D eigenvalue weighted by atomic mass is 127. The third kappa shape index (κ3) is 10.2. The predicted octanol–water partition coefficient (Wildman–Crippen LogP) is 3.44. The minimum Gasteiger partial charge on any atom is -0.357 e. The minimum atomic E-state index is 0. The Morgan fingerprint density at radius 2 is 2.04 bits per heavy atom. The molecule has 0 aliphatic carbocycles. The summed E-state index contributed by atoms with van der Waals surface area (Å²) in [5, 5.41) is 8.88. The first kappa shape index (κ1) is 22.7. The second-order valence-corrected chi connectivity index (χ2v) is 7.14. The van der Waals surface area contributed by atoms with Gasteiger partial charge in [-0.1, -0.05) is 13.0 Å². The van der Waals surface area contributed by atoms with E-state index in [0.717, 1.165) is 38.6 Å². The molecule has 6 heteroatoms. The van der Waals surface area contributed by atoms with Crippen LogP contribution in [-0.2, 0) is 6.42 Å². The number of hydrogen-bond donors (Lipinski definition) is 2. The van der Waals surface area contributed by atoms with Gasteiger partial charge in [0.1, 0.15) is 0 Å². The second kappa shape index (κ2) is 13.0. The lowest BCUT2D eigenvalue weighted by Crippen LogP contribution is -2.42. The molecule has 1 aromatic rings. The highest BCUT2D eigenvalue weighted by molar-refractivity contribution is 14.0. The van der Waals surface area contributed by atoms with Gasteiger partial charge in [0, 0.05) is 37.1 Å². The Balaban J connectivity index is 0.00000484. The Labute approximate surface area is 163 Å². The van der Waals surface area contributed by atoms with Crippen LogP contribution in [0.2, 0.25) is 0 Å². The third-order valence-electron chi connectivity index (χ3n) is 3.67. The number of hydrogen-bond acceptors (Lipinski definition) is 3. The smallest absolute Gasteiger partial charge is 0.191 e. The van der Waals surface area contributed by atoms with Crippen molar-refractivity contribution in [2.75, 3.05) is 33.2 Å². The molecule has 0 fully saturated rings. The fourth-order valence-electron chi connectivity index (χ4n) is 2.03. The maximum atomic E-state index is 4.72. The number of thiophene rings is 1. The normalized spacial score (nSPS) is 13.1. The number of halogens is 1. The maximum Gasteiger partial charge on any atom is 0.191 e. The predicted molar refractivity (Wildman–Crippen MR) is 114 cm³/mol. The van der Waals surface area contributed by atoms with E-state index < -0.39 is 0 Å². The molecule has 134 valence electrons. The monoisotopic (exact) mass is 452 g/mol. The molecule has 23 heavy (non-hydrogen) atoms. The lowest BCUT2D eigenvalue weighted by Gasteiger charge is -2.21. The number of nitrogens with one attached hydrogen (secondary N) is 2. The first-order valence-electron chi connectivity index (χ1n) is 8.27. The molecule has 0 bridgehead atoms. The van der Waals surface area contributed by atoms with Crippen molar-refractivity contribution in [1.29, 1.82) is 0 Å². The summed E-state index contributed by atoms with van der Waals surface area (Å²) in [5.74, 6) is 1.49. The van der Waals surface area contributed by atoms with Crippen molar-refractivity contribution < 1.29 is 0 Å². The van der Waals surface area contributed by atoms with Crippen molar-refractivity contribution in [2.45, 2.75) is 40.2 Å². The Hall–Kier alpha value is -0.340. The van der Waals surface area contributed by atoms with Crippen molar-refractivity contribution in [2.24, 2.45) is 10.9 Å². The summed E-state index contributed by atoms with van der Waals surface area (Å²) >= 11 is 1.83. The van der Waals surface area contributed by atoms with Gasteiger partial charge in [0.25, 0.3) is 0 Å². The van der Waals surface area contributed by atoms with Gasteiger partial charge < -0.3 is 15.5 Å². The fraction of sp³-hybridized carbons (Fsp3) is 0.706. The molecule has 1 atom stereocenters. The van der Waals surface area contributed by atoms with Gasteiger partial charge in [-0.2, -0.15) is 0 Å². The van der Waals surface area contributed by atoms with Gasteiger partial charge in [-0.25, -0.2) is 0 Å². The number of likely N-dealkylation sites (N-methyl/N-ethyl adjacent to an activating group) is 1. The van der Waals surface area contributed by atoms with Crippen molar-refractivity contribution >= 4 is 41.3 Å². The largest absolute Gasteiger partial charge is 0.357 e. The van der Waals surface area contributed by atoms with Crippen LogP contribution in [0.15, 0.2) is 22.5 Å². The molecular weight excluding hydrogens is 419 g/mol. The summed E-state index contributed by atoms with van der Waals surface area (Å²) < 4.78 is 0. The lowest BCUT2D eigenvalue weighted by molar-refractivity contribution is 0.278. The first-order valence-corrected chi connectivity index (χ1v) is 9.15. The molecule has 2 N–H and O–H groups in total. The van der Waals surface area contributed by atoms with Crippen molar-refractivity contribution in [3.05, 3.63) is 22.4 Å². The second-order valence-electron chi connectivity index (χ2n) is 6.11. The van der Waals surface area contributed by atoms with E-state index in [1.54, 1.807) is 0 Å². The zero-order valence-electron chi connectivity index (χ0n) is 15.1. The molecule has 0 aromatic carbocycles. The zero-order valence-corrected chi connectivity index (χ0v) is 18.3. The minimum absolute atomic E-state index is 0. The van der Waals surface area contributed by atoms with E-state index in [9.17, 15) is 0 Å². The first-order chi connectivity index (χ1) is 10.5. The van der Waals surface area contributed by atoms with Gasteiger partial charge in [-0.05, 0) is 51.6 Å². The molecule has 1 rings (SSSR count). The van der Waals surface area contributed by atoms with E-state index in [-0.39, 0.29) is 24.0 Å². The average molecular weight is 452 g/mol. The van der Waals surface area contributed by atoms with E-state index in [4.69, 9.17) is 4.99 Å². The number of rotatable bonds is 9. The van der Waals surface area contributed by atoms with Crippen molar-refractivity contribution in [3.8, 4) is 0 Å². The van der Waals surface area contributed by atoms with Crippen LogP contribution in [0, 0.1) is 5.92 Å². The van der Waals surface area contributed by atoms with E-state index in [2.05, 4.69) is 67.8 Å². The van der Waals surface area contributed by atoms with Crippen molar-refractivity contribution in [1.82, 2.24) is 15.5 Å². The highest BCUT2D eigenvalue weighted by Crippen LogP contribution is 2.14. The third-order valence-corrected chi connectivity index (χ3v) is 4.57. The summed E-state index contributed by atoms with van der Waals surface area (Å²) in [6.45, 7) is 12.5. The number of nitrogens with zero attached hydrogens (tertiary/aromatic N) is 2. The molecular formula is C17H33IN4S. The van der Waals surface area contributed by atoms with Crippen LogP contribution in [0.5, 0.6) is 0 Å². The highest BCUT2D eigenvalue weighted by Gasteiger charge is 2.06. The quantitative estimate of drug-likeness (QED) is 0.343. The van der Waals surface area contributed by atoms with Gasteiger partial charge >= 0.3 is 0 Å². The van der Waals surface area contributed by atoms with Crippen LogP contribution in [0.4, 0.5) is 0 Å². The average Bonchev–Trinajstić information content (AvgIpc) is 2.97. The van der Waals surface area contributed by atoms with Crippen LogP contribution in [0.1, 0.15) is 32.6 Å². The van der Waals surface area contributed by atoms with Gasteiger partial charge in [-0.3, -0.25) is 4.99 Å². The van der Waals surface area contributed by atoms with Gasteiger partial charge in [0.15, 0.2) is 5.96 Å². The topological polar surface area (TPSA) is 39.7 Å². The summed E-state index contributed by atoms with van der Waals surface area (Å²) in [5.41, 5.74) is 0. The molecule has 0 aliphatic rings. The fourth-order valence-corrected chi connectivity index (χ4v) is 2.90. The standard InChI is InChI=1S/C17H32N4S.HI/c1-6-18-17(19-9-10-21(5)14(2)3)20-13-15(4)12-16-8-7-11-22-16;/h7-8,11,14-15H,6,9-10,12-13H2,1-5H3,(H2,18,19,20);1H.